The monoisotopic (exact) mass is 845 g/mol. The number of nitrogens with one attached hydrogen (secondary N) is 1. The number of rotatable bonds is 41. The van der Waals surface area contributed by atoms with Gasteiger partial charge in [0, 0.05) is 6.42 Å². The van der Waals surface area contributed by atoms with Crippen LogP contribution >= 0.6 is 7.82 Å². The van der Waals surface area contributed by atoms with Gasteiger partial charge in [-0.25, -0.2) is 0 Å². The Kier molecular flexibility index (Phi) is 39.4. The smallest absolute Gasteiger partial charge is 0.268 e. The number of phosphoric acid groups is 1. The fourth-order valence-corrected chi connectivity index (χ4v) is 6.88. The molecule has 2 N–H and O–H groups in total. The minimum atomic E-state index is -4.59. The molecule has 0 aromatic heterocycles. The third-order valence-corrected chi connectivity index (χ3v) is 10.8. The molecule has 0 bridgehead atoms. The van der Waals surface area contributed by atoms with E-state index in [0.717, 1.165) is 89.9 Å². The van der Waals surface area contributed by atoms with Crippen LogP contribution in [0.15, 0.2) is 85.1 Å². The zero-order valence-electron chi connectivity index (χ0n) is 38.4. The highest BCUT2D eigenvalue weighted by molar-refractivity contribution is 7.45. The summed E-state index contributed by atoms with van der Waals surface area (Å²) in [6, 6.07) is -0.894. The number of quaternary nitrogens is 1. The van der Waals surface area contributed by atoms with E-state index in [2.05, 4.69) is 92.1 Å². The molecule has 0 rings (SSSR count). The number of carbonyl (C=O) groups excluding carboxylic acids is 1. The van der Waals surface area contributed by atoms with Crippen LogP contribution in [0, 0.1) is 0 Å². The quantitative estimate of drug-likeness (QED) is 0.0275. The lowest BCUT2D eigenvalue weighted by atomic mass is 10.1. The summed E-state index contributed by atoms with van der Waals surface area (Å²) in [7, 11) is 1.24. The second-order valence-electron chi connectivity index (χ2n) is 16.7. The van der Waals surface area contributed by atoms with Crippen LogP contribution in [0.1, 0.15) is 174 Å². The Morgan fingerprint density at radius 1 is 0.610 bits per heavy atom. The van der Waals surface area contributed by atoms with Gasteiger partial charge in [-0.3, -0.25) is 9.36 Å². The molecule has 0 aromatic rings. The summed E-state index contributed by atoms with van der Waals surface area (Å²) >= 11 is 0. The first-order valence-corrected chi connectivity index (χ1v) is 24.9. The molecule has 9 heteroatoms. The van der Waals surface area contributed by atoms with Crippen molar-refractivity contribution in [2.24, 2.45) is 0 Å². The molecule has 0 aromatic carbocycles. The van der Waals surface area contributed by atoms with E-state index in [0.29, 0.717) is 17.4 Å². The van der Waals surface area contributed by atoms with E-state index in [1.807, 2.05) is 27.2 Å². The first kappa shape index (κ1) is 56.7. The molecular formula is C50H89N2O6P. The Morgan fingerprint density at radius 3 is 1.51 bits per heavy atom. The maximum Gasteiger partial charge on any atom is 0.268 e. The molecule has 0 heterocycles. The minimum absolute atomic E-state index is 0.00725. The van der Waals surface area contributed by atoms with E-state index < -0.39 is 20.0 Å². The van der Waals surface area contributed by atoms with Crippen LogP contribution in [0.3, 0.4) is 0 Å². The Hall–Kier alpha value is -2.32. The van der Waals surface area contributed by atoms with Gasteiger partial charge in [0.25, 0.3) is 7.82 Å². The second-order valence-corrected chi connectivity index (χ2v) is 18.1. The van der Waals surface area contributed by atoms with Crippen molar-refractivity contribution in [3.63, 3.8) is 0 Å². The van der Waals surface area contributed by atoms with E-state index >= 15 is 0 Å². The number of carbonyl (C=O) groups is 1. The Bertz CT molecular complexity index is 1230. The summed E-state index contributed by atoms with van der Waals surface area (Å²) in [6.45, 7) is 4.48. The number of amides is 1. The van der Waals surface area contributed by atoms with Gasteiger partial charge in [-0.05, 0) is 70.6 Å². The Morgan fingerprint density at radius 2 is 1.03 bits per heavy atom. The third-order valence-electron chi connectivity index (χ3n) is 9.86. The second kappa shape index (κ2) is 41.1. The van der Waals surface area contributed by atoms with Crippen LogP contribution in [0.5, 0.6) is 0 Å². The summed E-state index contributed by atoms with van der Waals surface area (Å²) in [4.78, 5) is 25.3. The number of aliphatic hydroxyl groups excluding tert-OH is 1. The van der Waals surface area contributed by atoms with Crippen molar-refractivity contribution in [1.82, 2.24) is 5.32 Å². The molecule has 59 heavy (non-hydrogen) atoms. The highest BCUT2D eigenvalue weighted by Gasteiger charge is 2.23. The zero-order chi connectivity index (χ0) is 43.6. The largest absolute Gasteiger partial charge is 0.756 e. The van der Waals surface area contributed by atoms with Crippen LogP contribution in [0.4, 0.5) is 0 Å². The highest BCUT2D eigenvalue weighted by Crippen LogP contribution is 2.38. The molecule has 3 unspecified atom stereocenters. The molecular weight excluding hydrogens is 756 g/mol. The predicted octanol–water partition coefficient (Wildman–Crippen LogP) is 12.7. The van der Waals surface area contributed by atoms with E-state index in [-0.39, 0.29) is 19.1 Å². The van der Waals surface area contributed by atoms with Gasteiger partial charge in [0.05, 0.1) is 39.9 Å². The molecule has 8 nitrogen and oxygen atoms in total. The van der Waals surface area contributed by atoms with Crippen molar-refractivity contribution in [2.75, 3.05) is 40.9 Å². The summed E-state index contributed by atoms with van der Waals surface area (Å²) in [5.74, 6) is -0.213. The predicted molar refractivity (Wildman–Crippen MR) is 251 cm³/mol. The topological polar surface area (TPSA) is 108 Å². The SMILES string of the molecule is CC/C=C\C/C=C\C/C=C\C/C=C\C/C=C\C/C=C\CCCCCCCCCCC(=O)NC(COP(=O)([O-])OCC[N+](C)(C)C)C(O)/C=C/CCCCCCCCCC. The Labute approximate surface area is 363 Å². The first-order chi connectivity index (χ1) is 28.5. The van der Waals surface area contributed by atoms with Gasteiger partial charge in [0.15, 0.2) is 0 Å². The summed E-state index contributed by atoms with van der Waals surface area (Å²) in [5.41, 5.74) is 0. The molecule has 340 valence electrons. The van der Waals surface area contributed by atoms with Crippen LogP contribution in [0.2, 0.25) is 0 Å². The number of hydrogen-bond acceptors (Lipinski definition) is 6. The molecule has 0 spiro atoms. The van der Waals surface area contributed by atoms with Crippen molar-refractivity contribution in [2.45, 2.75) is 187 Å². The highest BCUT2D eigenvalue weighted by atomic mass is 31.2. The maximum atomic E-state index is 12.9. The summed E-state index contributed by atoms with van der Waals surface area (Å²) in [5, 5.41) is 13.7. The molecule has 0 aliphatic heterocycles. The molecule has 0 saturated carbocycles. The van der Waals surface area contributed by atoms with E-state index in [4.69, 9.17) is 9.05 Å². The maximum absolute atomic E-state index is 12.9. The molecule has 0 fully saturated rings. The minimum Gasteiger partial charge on any atom is -0.756 e. The van der Waals surface area contributed by atoms with Gasteiger partial charge in [-0.2, -0.15) is 0 Å². The van der Waals surface area contributed by atoms with Crippen molar-refractivity contribution < 1.29 is 32.9 Å². The van der Waals surface area contributed by atoms with Gasteiger partial charge in [0.2, 0.25) is 5.91 Å². The van der Waals surface area contributed by atoms with Gasteiger partial charge in [-0.1, -0.05) is 182 Å². The summed E-state index contributed by atoms with van der Waals surface area (Å²) < 4.78 is 23.2. The Balaban J connectivity index is 4.25. The zero-order valence-corrected chi connectivity index (χ0v) is 39.3. The normalized spacial score (nSPS) is 15.0. The van der Waals surface area contributed by atoms with Crippen molar-refractivity contribution in [3.8, 4) is 0 Å². The van der Waals surface area contributed by atoms with Crippen LogP contribution in [0.25, 0.3) is 0 Å². The molecule has 3 atom stereocenters. The number of nitrogens with zero attached hydrogens (tertiary/aromatic N) is 1. The molecule has 1 amide bonds. The van der Waals surface area contributed by atoms with E-state index in [1.165, 1.54) is 64.2 Å². The van der Waals surface area contributed by atoms with E-state index in [9.17, 15) is 19.4 Å². The molecule has 0 saturated heterocycles. The van der Waals surface area contributed by atoms with E-state index in [1.54, 1.807) is 6.08 Å². The number of aliphatic hydroxyl groups is 1. The molecule has 0 aliphatic carbocycles. The number of likely N-dealkylation sites (N-methyl/N-ethyl adjacent to an activating group) is 1. The lowest BCUT2D eigenvalue weighted by molar-refractivity contribution is -0.870. The van der Waals surface area contributed by atoms with Crippen molar-refractivity contribution >= 4 is 13.7 Å². The van der Waals surface area contributed by atoms with Gasteiger partial charge in [0.1, 0.15) is 13.2 Å². The van der Waals surface area contributed by atoms with Crippen molar-refractivity contribution in [3.05, 3.63) is 85.1 Å². The van der Waals surface area contributed by atoms with Gasteiger partial charge in [-0.15, -0.1) is 0 Å². The van der Waals surface area contributed by atoms with Crippen LogP contribution in [-0.4, -0.2) is 68.5 Å². The summed E-state index contributed by atoms with van der Waals surface area (Å²) in [6.07, 6.45) is 56.4. The number of allylic oxidation sites excluding steroid dienone is 13. The van der Waals surface area contributed by atoms with Crippen LogP contribution < -0.4 is 10.2 Å². The lowest BCUT2D eigenvalue weighted by Crippen LogP contribution is -2.45. The fraction of sp³-hybridized carbons (Fsp3) is 0.700. The number of hydrogen-bond donors (Lipinski definition) is 2. The molecule has 0 aliphatic rings. The van der Waals surface area contributed by atoms with Gasteiger partial charge < -0.3 is 28.8 Å². The average molecular weight is 845 g/mol. The first-order valence-electron chi connectivity index (χ1n) is 23.4. The number of unbranched alkanes of at least 4 members (excludes halogenated alkanes) is 16. The van der Waals surface area contributed by atoms with Crippen LogP contribution in [-0.2, 0) is 18.4 Å². The lowest BCUT2D eigenvalue weighted by Gasteiger charge is -2.29. The molecule has 0 radical (unpaired) electrons. The standard InChI is InChI=1S/C50H89N2O6P/c1-6-8-10-12-14-16-18-19-20-21-22-23-24-25-26-27-28-29-30-31-32-33-34-36-38-40-42-44-50(54)51-48(47-58-59(55,56)57-46-45-52(3,4)5)49(53)43-41-39-37-35-17-15-13-11-9-7-2/h8,10,14,16,19-20,22-23,25-26,28-29,41,43,48-49,53H,6-7,9,11-13,15,17-18,21,24,27,30-40,42,44-47H2,1-5H3,(H-,51,54,55,56)/b10-8-,16-14-,20-19-,23-22-,26-25-,29-28-,43-41+. The van der Waals surface area contributed by atoms with Gasteiger partial charge >= 0.3 is 0 Å². The number of phosphoric ester groups is 1. The fourth-order valence-electron chi connectivity index (χ4n) is 6.15. The average Bonchev–Trinajstić information content (AvgIpc) is 3.19. The third kappa shape index (κ3) is 43.6. The van der Waals surface area contributed by atoms with Crippen molar-refractivity contribution in [1.29, 1.82) is 0 Å².